The van der Waals surface area contributed by atoms with E-state index in [-0.39, 0.29) is 18.1 Å². The first-order valence-electron chi connectivity index (χ1n) is 14.3. The Kier molecular flexibility index (Phi) is 10.7. The van der Waals surface area contributed by atoms with Gasteiger partial charge in [0.05, 0.1) is 6.04 Å². The van der Waals surface area contributed by atoms with Crippen LogP contribution in [0.4, 0.5) is 0 Å². The van der Waals surface area contributed by atoms with Gasteiger partial charge in [-0.2, -0.15) is 0 Å². The highest BCUT2D eigenvalue weighted by Crippen LogP contribution is 2.32. The van der Waals surface area contributed by atoms with E-state index in [0.29, 0.717) is 31.6 Å². The van der Waals surface area contributed by atoms with Gasteiger partial charge in [-0.3, -0.25) is 14.4 Å². The number of hydrogen-bond donors (Lipinski definition) is 1. The summed E-state index contributed by atoms with van der Waals surface area (Å²) < 4.78 is 5.41. The number of carboxylic acids is 1. The Hall–Kier alpha value is -3.48. The van der Waals surface area contributed by atoms with Crippen molar-refractivity contribution in [1.82, 2.24) is 4.90 Å². The number of aryl methyl sites for hydroxylation is 3. The molecule has 7 heteroatoms. The standard InChI is InChI=1S/C33H43NO6/c1-6-33(4,5)31(38)32(39)34-17-8-7-12-28(34)29(35)20-26(16-15-24-14-13-22(2)23(3)18-24)25-10-9-11-27(19-25)40-21-30(36)37/h9-11,13-14,18-19,26,28H,6-8,12,15-17,20-21H2,1-5H3,(H,36,37)/t26-,28?/m0/s1. The number of carbonyl (C=O) groups excluding carboxylic acids is 3. The van der Waals surface area contributed by atoms with Gasteiger partial charge in [0.1, 0.15) is 5.75 Å². The van der Waals surface area contributed by atoms with Crippen LogP contribution in [-0.4, -0.2) is 52.6 Å². The van der Waals surface area contributed by atoms with Crippen LogP contribution < -0.4 is 4.74 Å². The number of carboxylic acid groups (broad SMARTS) is 1. The van der Waals surface area contributed by atoms with Crippen LogP contribution >= 0.6 is 0 Å². The molecule has 0 saturated carbocycles. The summed E-state index contributed by atoms with van der Waals surface area (Å²) in [4.78, 5) is 52.6. The smallest absolute Gasteiger partial charge is 0.341 e. The zero-order chi connectivity index (χ0) is 29.4. The van der Waals surface area contributed by atoms with E-state index in [2.05, 4.69) is 32.0 Å². The van der Waals surface area contributed by atoms with Crippen LogP contribution in [0.15, 0.2) is 42.5 Å². The van der Waals surface area contributed by atoms with Crippen molar-refractivity contribution in [2.45, 2.75) is 91.5 Å². The summed E-state index contributed by atoms with van der Waals surface area (Å²) in [5.41, 5.74) is 3.73. The number of aliphatic carboxylic acids is 1. The lowest BCUT2D eigenvalue weighted by Crippen LogP contribution is -2.52. The molecule has 1 unspecified atom stereocenters. The number of likely N-dealkylation sites (tertiary alicyclic amines) is 1. The molecule has 1 aliphatic rings. The third-order valence-electron chi connectivity index (χ3n) is 8.32. The molecule has 1 saturated heterocycles. The van der Waals surface area contributed by atoms with E-state index >= 15 is 0 Å². The minimum Gasteiger partial charge on any atom is -0.482 e. The predicted molar refractivity (Wildman–Crippen MR) is 155 cm³/mol. The van der Waals surface area contributed by atoms with E-state index < -0.39 is 35.7 Å². The first-order chi connectivity index (χ1) is 18.9. The van der Waals surface area contributed by atoms with Gasteiger partial charge in [0.25, 0.3) is 5.91 Å². The molecule has 2 aromatic carbocycles. The molecule has 2 aromatic rings. The fourth-order valence-corrected chi connectivity index (χ4v) is 5.16. The van der Waals surface area contributed by atoms with Crippen LogP contribution in [0.5, 0.6) is 5.75 Å². The number of nitrogens with zero attached hydrogens (tertiary/aromatic N) is 1. The maximum Gasteiger partial charge on any atom is 0.341 e. The van der Waals surface area contributed by atoms with Crippen LogP contribution in [0.25, 0.3) is 0 Å². The number of Topliss-reactive ketones (excluding diaryl/α,β-unsaturated/α-hetero) is 2. The SMILES string of the molecule is CCC(C)(C)C(=O)C(=O)N1CCCCC1C(=O)C[C@H](CCc1ccc(C)c(C)c1)c1cccc(OCC(=O)O)c1. The summed E-state index contributed by atoms with van der Waals surface area (Å²) in [6.45, 7) is 9.56. The Morgan fingerprint density at radius 2 is 1.80 bits per heavy atom. The van der Waals surface area contributed by atoms with Crippen LogP contribution in [0.1, 0.15) is 87.5 Å². The third-order valence-corrected chi connectivity index (χ3v) is 8.32. The molecule has 1 fully saturated rings. The second-order valence-corrected chi connectivity index (χ2v) is 11.7. The average molecular weight is 550 g/mol. The quantitative estimate of drug-likeness (QED) is 0.316. The molecule has 2 atom stereocenters. The van der Waals surface area contributed by atoms with Crippen molar-refractivity contribution in [2.24, 2.45) is 5.41 Å². The summed E-state index contributed by atoms with van der Waals surface area (Å²) in [6.07, 6.45) is 4.37. The highest BCUT2D eigenvalue weighted by molar-refractivity contribution is 6.38. The van der Waals surface area contributed by atoms with E-state index in [4.69, 9.17) is 9.84 Å². The number of carbonyl (C=O) groups is 4. The fourth-order valence-electron chi connectivity index (χ4n) is 5.16. The van der Waals surface area contributed by atoms with Gasteiger partial charge in [0.2, 0.25) is 5.78 Å². The number of rotatable bonds is 13. The van der Waals surface area contributed by atoms with E-state index in [1.165, 1.54) is 21.6 Å². The van der Waals surface area contributed by atoms with Crippen LogP contribution in [0.2, 0.25) is 0 Å². The molecule has 0 aliphatic carbocycles. The Balaban J connectivity index is 1.85. The molecule has 3 rings (SSSR count). The van der Waals surface area contributed by atoms with Crippen LogP contribution in [0.3, 0.4) is 0 Å². The summed E-state index contributed by atoms with van der Waals surface area (Å²) >= 11 is 0. The van der Waals surface area contributed by atoms with Crippen LogP contribution in [0, 0.1) is 19.3 Å². The molecule has 0 bridgehead atoms. The Morgan fingerprint density at radius 1 is 1.05 bits per heavy atom. The second-order valence-electron chi connectivity index (χ2n) is 11.7. The predicted octanol–water partition coefficient (Wildman–Crippen LogP) is 5.83. The molecule has 7 nitrogen and oxygen atoms in total. The van der Waals surface area contributed by atoms with Crippen molar-refractivity contribution < 1.29 is 29.0 Å². The van der Waals surface area contributed by atoms with Crippen molar-refractivity contribution in [2.75, 3.05) is 13.2 Å². The van der Waals surface area contributed by atoms with E-state index in [1.807, 2.05) is 19.1 Å². The van der Waals surface area contributed by atoms with Gasteiger partial charge in [-0.25, -0.2) is 4.79 Å². The molecule has 1 heterocycles. The lowest BCUT2D eigenvalue weighted by atomic mass is 9.82. The number of amides is 1. The monoisotopic (exact) mass is 549 g/mol. The Morgan fingerprint density at radius 3 is 2.48 bits per heavy atom. The normalized spacial score (nSPS) is 16.3. The van der Waals surface area contributed by atoms with Crippen molar-refractivity contribution in [3.8, 4) is 5.75 Å². The van der Waals surface area contributed by atoms with Crippen molar-refractivity contribution >= 4 is 23.4 Å². The van der Waals surface area contributed by atoms with Crippen molar-refractivity contribution in [1.29, 1.82) is 0 Å². The number of benzene rings is 2. The highest BCUT2D eigenvalue weighted by Gasteiger charge is 2.40. The van der Waals surface area contributed by atoms with E-state index in [0.717, 1.165) is 24.8 Å². The third kappa shape index (κ3) is 8.03. The maximum atomic E-state index is 13.8. The molecular weight excluding hydrogens is 506 g/mol. The van der Waals surface area contributed by atoms with Gasteiger partial charge >= 0.3 is 5.97 Å². The highest BCUT2D eigenvalue weighted by atomic mass is 16.5. The van der Waals surface area contributed by atoms with Gasteiger partial charge in [0.15, 0.2) is 12.4 Å². The molecule has 0 radical (unpaired) electrons. The zero-order valence-electron chi connectivity index (χ0n) is 24.5. The Bertz CT molecular complexity index is 1230. The van der Waals surface area contributed by atoms with Gasteiger partial charge in [-0.05, 0) is 92.7 Å². The average Bonchev–Trinajstić information content (AvgIpc) is 2.95. The minimum atomic E-state index is -1.06. The molecule has 1 amide bonds. The molecule has 0 aromatic heterocycles. The summed E-state index contributed by atoms with van der Waals surface area (Å²) in [7, 11) is 0. The zero-order valence-corrected chi connectivity index (χ0v) is 24.5. The van der Waals surface area contributed by atoms with Gasteiger partial charge in [-0.1, -0.05) is 51.1 Å². The van der Waals surface area contributed by atoms with Crippen LogP contribution in [-0.2, 0) is 25.6 Å². The lowest BCUT2D eigenvalue weighted by molar-refractivity contribution is -0.153. The second kappa shape index (κ2) is 13.7. The topological polar surface area (TPSA) is 101 Å². The number of ketones is 2. The van der Waals surface area contributed by atoms with E-state index in [9.17, 15) is 19.2 Å². The summed E-state index contributed by atoms with van der Waals surface area (Å²) in [5, 5.41) is 9.02. The van der Waals surface area contributed by atoms with Crippen molar-refractivity contribution in [3.63, 3.8) is 0 Å². The first kappa shape index (κ1) is 31.1. The lowest BCUT2D eigenvalue weighted by Gasteiger charge is -2.36. The number of ether oxygens (including phenoxy) is 1. The first-order valence-corrected chi connectivity index (χ1v) is 14.3. The number of piperidine rings is 1. The molecule has 1 N–H and O–H groups in total. The number of hydrogen-bond acceptors (Lipinski definition) is 5. The molecule has 216 valence electrons. The molecule has 1 aliphatic heterocycles. The van der Waals surface area contributed by atoms with Gasteiger partial charge < -0.3 is 14.7 Å². The Labute approximate surface area is 237 Å². The maximum absolute atomic E-state index is 13.8. The molecular formula is C33H43NO6. The summed E-state index contributed by atoms with van der Waals surface area (Å²) in [6, 6.07) is 13.0. The fraction of sp³-hybridized carbons (Fsp3) is 0.515. The molecule has 40 heavy (non-hydrogen) atoms. The largest absolute Gasteiger partial charge is 0.482 e. The molecule has 0 spiro atoms. The van der Waals surface area contributed by atoms with Gasteiger partial charge in [-0.15, -0.1) is 0 Å². The van der Waals surface area contributed by atoms with Crippen molar-refractivity contribution in [3.05, 3.63) is 64.7 Å². The van der Waals surface area contributed by atoms with E-state index in [1.54, 1.807) is 26.0 Å². The summed E-state index contributed by atoms with van der Waals surface area (Å²) in [5.74, 6) is -1.83. The van der Waals surface area contributed by atoms with Gasteiger partial charge in [0, 0.05) is 18.4 Å². The minimum absolute atomic E-state index is 0.0444.